The Bertz CT molecular complexity index is 896. The number of allylic oxidation sites excluding steroid dienone is 1. The second-order valence-electron chi connectivity index (χ2n) is 9.26. The molecular formula is C24H30FN3O3. The van der Waals surface area contributed by atoms with E-state index in [1.165, 1.54) is 0 Å². The summed E-state index contributed by atoms with van der Waals surface area (Å²) in [4.78, 5) is 29.3. The first kappa shape index (κ1) is 20.5. The Morgan fingerprint density at radius 3 is 2.68 bits per heavy atom. The molecule has 4 aliphatic rings. The lowest BCUT2D eigenvalue weighted by Gasteiger charge is -2.36. The van der Waals surface area contributed by atoms with E-state index in [4.69, 9.17) is 4.74 Å². The second kappa shape index (κ2) is 8.26. The first-order chi connectivity index (χ1) is 15.0. The molecule has 3 aliphatic heterocycles. The summed E-state index contributed by atoms with van der Waals surface area (Å²) in [7, 11) is 0. The van der Waals surface area contributed by atoms with Gasteiger partial charge in [-0.2, -0.15) is 0 Å². The number of rotatable bonds is 4. The van der Waals surface area contributed by atoms with Crippen LogP contribution in [0.2, 0.25) is 0 Å². The highest BCUT2D eigenvalue weighted by Gasteiger charge is 2.39. The highest BCUT2D eigenvalue weighted by molar-refractivity contribution is 6.01. The summed E-state index contributed by atoms with van der Waals surface area (Å²) in [5, 5.41) is 2.77. The number of benzene rings is 1. The predicted octanol–water partition coefficient (Wildman–Crippen LogP) is 3.17. The number of amides is 2. The van der Waals surface area contributed by atoms with E-state index in [0.717, 1.165) is 43.7 Å². The standard InChI is InChI=1S/C24H30FN3O3/c1-15-5-8-21(23(29)26-15)28-14-16-13-18(6-7-19(16)24(28)30)31-22-4-2-3-20(22)27-11-9-17(25)10-12-27/h6-7,13,17,20-22H,1-5,8-12,14H2,(H,26,29). The molecule has 31 heavy (non-hydrogen) atoms. The predicted molar refractivity (Wildman–Crippen MR) is 114 cm³/mol. The molecule has 0 radical (unpaired) electrons. The normalized spacial score (nSPS) is 29.9. The zero-order valence-corrected chi connectivity index (χ0v) is 17.8. The molecule has 3 atom stereocenters. The lowest BCUT2D eigenvalue weighted by Crippen LogP contribution is -2.49. The van der Waals surface area contributed by atoms with E-state index in [1.54, 1.807) is 4.90 Å². The molecule has 1 N–H and O–H groups in total. The van der Waals surface area contributed by atoms with Crippen molar-refractivity contribution < 1.29 is 18.7 Å². The summed E-state index contributed by atoms with van der Waals surface area (Å²) in [6, 6.07) is 5.53. The van der Waals surface area contributed by atoms with E-state index in [0.29, 0.717) is 49.5 Å². The zero-order chi connectivity index (χ0) is 21.5. The van der Waals surface area contributed by atoms with Crippen LogP contribution in [0.5, 0.6) is 5.75 Å². The molecule has 0 bridgehead atoms. The Morgan fingerprint density at radius 2 is 1.90 bits per heavy atom. The first-order valence-corrected chi connectivity index (χ1v) is 11.5. The van der Waals surface area contributed by atoms with Crippen molar-refractivity contribution in [1.82, 2.24) is 15.1 Å². The highest BCUT2D eigenvalue weighted by Crippen LogP contribution is 2.34. The van der Waals surface area contributed by atoms with Crippen molar-refractivity contribution in [2.24, 2.45) is 0 Å². The Morgan fingerprint density at radius 1 is 1.10 bits per heavy atom. The Hall–Kier alpha value is -2.41. The van der Waals surface area contributed by atoms with Crippen LogP contribution >= 0.6 is 0 Å². The number of nitrogens with one attached hydrogen (secondary N) is 1. The molecule has 3 fully saturated rings. The van der Waals surface area contributed by atoms with E-state index < -0.39 is 12.2 Å². The number of carbonyl (C=O) groups is 2. The van der Waals surface area contributed by atoms with Crippen LogP contribution in [0.4, 0.5) is 4.39 Å². The minimum absolute atomic E-state index is 0.0950. The largest absolute Gasteiger partial charge is 0.489 e. The van der Waals surface area contributed by atoms with Crippen molar-refractivity contribution in [1.29, 1.82) is 0 Å². The third-order valence-corrected chi connectivity index (χ3v) is 7.24. The quantitative estimate of drug-likeness (QED) is 0.802. The van der Waals surface area contributed by atoms with Crippen LogP contribution in [0.25, 0.3) is 0 Å². The fourth-order valence-electron chi connectivity index (χ4n) is 5.54. The topological polar surface area (TPSA) is 61.9 Å². The molecule has 2 saturated heterocycles. The third-order valence-electron chi connectivity index (χ3n) is 7.24. The molecule has 1 aromatic rings. The van der Waals surface area contributed by atoms with Crippen LogP contribution in [-0.2, 0) is 11.3 Å². The molecule has 3 heterocycles. The van der Waals surface area contributed by atoms with Crippen molar-refractivity contribution in [3.05, 3.63) is 41.6 Å². The number of hydrogen-bond acceptors (Lipinski definition) is 4. The van der Waals surface area contributed by atoms with Crippen LogP contribution in [0, 0.1) is 0 Å². The van der Waals surface area contributed by atoms with Crippen LogP contribution in [-0.4, -0.2) is 59.1 Å². The van der Waals surface area contributed by atoms with Gasteiger partial charge in [-0.15, -0.1) is 0 Å². The van der Waals surface area contributed by atoms with Gasteiger partial charge in [0.2, 0.25) is 5.91 Å². The smallest absolute Gasteiger partial charge is 0.255 e. The van der Waals surface area contributed by atoms with Crippen molar-refractivity contribution in [3.63, 3.8) is 0 Å². The number of carbonyl (C=O) groups excluding carboxylic acids is 2. The van der Waals surface area contributed by atoms with Gasteiger partial charge in [0.05, 0.1) is 0 Å². The van der Waals surface area contributed by atoms with E-state index in [-0.39, 0.29) is 17.9 Å². The Labute approximate surface area is 182 Å². The van der Waals surface area contributed by atoms with Gasteiger partial charge in [-0.3, -0.25) is 14.5 Å². The Balaban J connectivity index is 1.27. The summed E-state index contributed by atoms with van der Waals surface area (Å²) >= 11 is 0. The third kappa shape index (κ3) is 3.95. The van der Waals surface area contributed by atoms with E-state index >= 15 is 0 Å². The lowest BCUT2D eigenvalue weighted by molar-refractivity contribution is -0.126. The van der Waals surface area contributed by atoms with Crippen molar-refractivity contribution >= 4 is 11.8 Å². The summed E-state index contributed by atoms with van der Waals surface area (Å²) in [6.07, 6.45) is 5.14. The molecule has 0 aromatic heterocycles. The van der Waals surface area contributed by atoms with Crippen molar-refractivity contribution in [2.45, 2.75) is 75.8 Å². The highest BCUT2D eigenvalue weighted by atomic mass is 19.1. The monoisotopic (exact) mass is 427 g/mol. The van der Waals surface area contributed by atoms with Gasteiger partial charge >= 0.3 is 0 Å². The number of halogens is 1. The minimum Gasteiger partial charge on any atom is -0.489 e. The zero-order valence-electron chi connectivity index (χ0n) is 17.8. The molecule has 2 amide bonds. The molecule has 1 aromatic carbocycles. The summed E-state index contributed by atoms with van der Waals surface area (Å²) in [5.74, 6) is 0.522. The maximum Gasteiger partial charge on any atom is 0.255 e. The van der Waals surface area contributed by atoms with Gasteiger partial charge in [0.1, 0.15) is 24.1 Å². The summed E-state index contributed by atoms with van der Waals surface area (Å²) < 4.78 is 19.9. The van der Waals surface area contributed by atoms with Crippen LogP contribution in [0.3, 0.4) is 0 Å². The SMILES string of the molecule is C=C1CCC(N2Cc3cc(OC4CCCC4N4CCC(F)CC4)ccc3C2=O)C(=O)N1. The average molecular weight is 428 g/mol. The number of fused-ring (bicyclic) bond motifs is 1. The van der Waals surface area contributed by atoms with E-state index in [1.807, 2.05) is 18.2 Å². The summed E-state index contributed by atoms with van der Waals surface area (Å²) in [6.45, 7) is 5.84. The van der Waals surface area contributed by atoms with Gasteiger partial charge in [0.15, 0.2) is 0 Å². The number of likely N-dealkylation sites (tertiary alicyclic amines) is 1. The van der Waals surface area contributed by atoms with Gasteiger partial charge in [-0.25, -0.2) is 4.39 Å². The Kier molecular flexibility index (Phi) is 5.46. The number of piperidine rings is 2. The molecule has 6 nitrogen and oxygen atoms in total. The fourth-order valence-corrected chi connectivity index (χ4v) is 5.54. The summed E-state index contributed by atoms with van der Waals surface area (Å²) in [5.41, 5.74) is 2.27. The van der Waals surface area contributed by atoms with Crippen molar-refractivity contribution in [2.75, 3.05) is 13.1 Å². The maximum absolute atomic E-state index is 13.5. The number of hydrogen-bond donors (Lipinski definition) is 1. The average Bonchev–Trinajstić information content (AvgIpc) is 3.33. The van der Waals surface area contributed by atoms with Gasteiger partial charge in [-0.05, 0) is 68.7 Å². The fraction of sp³-hybridized carbons (Fsp3) is 0.583. The van der Waals surface area contributed by atoms with Gasteiger partial charge in [-0.1, -0.05) is 6.58 Å². The maximum atomic E-state index is 13.5. The molecule has 0 spiro atoms. The molecule has 166 valence electrons. The molecule has 1 saturated carbocycles. The van der Waals surface area contributed by atoms with E-state index in [9.17, 15) is 14.0 Å². The van der Waals surface area contributed by atoms with E-state index in [2.05, 4.69) is 16.8 Å². The molecule has 5 rings (SSSR count). The number of nitrogens with zero attached hydrogens (tertiary/aromatic N) is 2. The van der Waals surface area contributed by atoms with Gasteiger partial charge < -0.3 is 15.0 Å². The van der Waals surface area contributed by atoms with Crippen LogP contribution < -0.4 is 10.1 Å². The van der Waals surface area contributed by atoms with Crippen molar-refractivity contribution in [3.8, 4) is 5.75 Å². The van der Waals surface area contributed by atoms with Crippen LogP contribution in [0.1, 0.15) is 60.9 Å². The van der Waals surface area contributed by atoms with Gasteiger partial charge in [0.25, 0.3) is 5.91 Å². The lowest BCUT2D eigenvalue weighted by atomic mass is 10.0. The molecule has 3 unspecified atom stereocenters. The molecule has 7 heteroatoms. The first-order valence-electron chi connectivity index (χ1n) is 11.5. The molecular weight excluding hydrogens is 397 g/mol. The van der Waals surface area contributed by atoms with Gasteiger partial charge in [0, 0.05) is 36.9 Å². The molecule has 1 aliphatic carbocycles. The second-order valence-corrected chi connectivity index (χ2v) is 9.26. The minimum atomic E-state index is -0.668. The van der Waals surface area contributed by atoms with Crippen LogP contribution in [0.15, 0.2) is 30.5 Å². The number of alkyl halides is 1. The number of ether oxygens (including phenoxy) is 1.